The molecule has 3 aromatic heterocycles. The summed E-state index contributed by atoms with van der Waals surface area (Å²) in [4.78, 5) is 35.8. The summed E-state index contributed by atoms with van der Waals surface area (Å²) in [6.07, 6.45) is 1.14. The second kappa shape index (κ2) is 10.1. The average molecular weight is 505 g/mol. The smallest absolute Gasteiger partial charge is 0.340 e. The van der Waals surface area contributed by atoms with Crippen molar-refractivity contribution in [1.29, 1.82) is 0 Å². The summed E-state index contributed by atoms with van der Waals surface area (Å²) in [6, 6.07) is 13.4. The number of rotatable bonds is 7. The number of carbonyl (C=O) groups is 2. The van der Waals surface area contributed by atoms with Crippen molar-refractivity contribution < 1.29 is 27.8 Å². The van der Waals surface area contributed by atoms with Gasteiger partial charge >= 0.3 is 5.97 Å². The number of hydrogen-bond acceptors (Lipinski definition) is 7. The van der Waals surface area contributed by atoms with Crippen LogP contribution >= 0.6 is 0 Å². The molecule has 1 aliphatic heterocycles. The van der Waals surface area contributed by atoms with Gasteiger partial charge in [0.1, 0.15) is 29.6 Å². The summed E-state index contributed by atoms with van der Waals surface area (Å²) in [5, 5.41) is 4.13. The first-order valence-corrected chi connectivity index (χ1v) is 11.3. The van der Waals surface area contributed by atoms with Gasteiger partial charge in [-0.1, -0.05) is 30.3 Å². The molecule has 1 aromatic carbocycles. The van der Waals surface area contributed by atoms with Crippen molar-refractivity contribution in [3.8, 4) is 16.9 Å². The molecule has 4 heterocycles. The van der Waals surface area contributed by atoms with E-state index in [1.807, 2.05) is 30.3 Å². The minimum Gasteiger partial charge on any atom is -0.494 e. The van der Waals surface area contributed by atoms with Crippen molar-refractivity contribution in [2.75, 3.05) is 18.6 Å². The first-order chi connectivity index (χ1) is 18.0. The van der Waals surface area contributed by atoms with Crippen LogP contribution in [0.4, 0.5) is 14.6 Å². The Hall–Kier alpha value is -4.67. The molecule has 0 unspecified atom stereocenters. The zero-order valence-corrected chi connectivity index (χ0v) is 19.7. The number of amides is 1. The number of carbonyl (C=O) groups excluding carboxylic acids is 2. The van der Waals surface area contributed by atoms with E-state index in [-0.39, 0.29) is 47.3 Å². The highest BCUT2D eigenvalue weighted by Gasteiger charge is 2.29. The summed E-state index contributed by atoms with van der Waals surface area (Å²) < 4.78 is 39.5. The van der Waals surface area contributed by atoms with Crippen molar-refractivity contribution >= 4 is 17.7 Å². The number of anilines is 1. The number of ether oxygens (including phenoxy) is 2. The molecule has 9 nitrogen and oxygen atoms in total. The molecule has 37 heavy (non-hydrogen) atoms. The molecular formula is C26H21F2N5O4. The molecular weight excluding hydrogens is 484 g/mol. The van der Waals surface area contributed by atoms with Gasteiger partial charge in [-0.25, -0.2) is 18.6 Å². The molecule has 4 aromatic rings. The Bertz CT molecular complexity index is 1460. The molecule has 0 fully saturated rings. The van der Waals surface area contributed by atoms with E-state index in [1.165, 1.54) is 36.7 Å². The summed E-state index contributed by atoms with van der Waals surface area (Å²) in [6.45, 7) is 0.735. The SMILES string of the molecule is COc1cnc(C(F)F)cc1-c1cc(N2CCn3nccc3C2=O)ncc1C(=O)OCc1ccccc1. The fourth-order valence-electron chi connectivity index (χ4n) is 4.08. The minimum absolute atomic E-state index is 0.00519. The van der Waals surface area contributed by atoms with Crippen LogP contribution < -0.4 is 9.64 Å². The predicted octanol–water partition coefficient (Wildman–Crippen LogP) is 4.30. The van der Waals surface area contributed by atoms with Gasteiger partial charge in [-0.05, 0) is 23.8 Å². The number of halogens is 2. The van der Waals surface area contributed by atoms with E-state index in [1.54, 1.807) is 10.7 Å². The molecule has 0 spiro atoms. The van der Waals surface area contributed by atoms with Crippen LogP contribution in [0.15, 0.2) is 67.1 Å². The number of aromatic nitrogens is 4. The minimum atomic E-state index is -2.84. The lowest BCUT2D eigenvalue weighted by Crippen LogP contribution is -2.41. The van der Waals surface area contributed by atoms with E-state index in [9.17, 15) is 18.4 Å². The summed E-state index contributed by atoms with van der Waals surface area (Å²) in [7, 11) is 1.37. The Morgan fingerprint density at radius 1 is 1.05 bits per heavy atom. The van der Waals surface area contributed by atoms with Gasteiger partial charge in [-0.15, -0.1) is 0 Å². The average Bonchev–Trinajstić information content (AvgIpc) is 3.42. The predicted molar refractivity (Wildman–Crippen MR) is 128 cm³/mol. The third kappa shape index (κ3) is 4.75. The molecule has 11 heteroatoms. The molecule has 0 N–H and O–H groups in total. The molecule has 0 bridgehead atoms. The van der Waals surface area contributed by atoms with E-state index in [0.29, 0.717) is 12.2 Å². The van der Waals surface area contributed by atoms with Gasteiger partial charge in [0.25, 0.3) is 12.3 Å². The quantitative estimate of drug-likeness (QED) is 0.345. The van der Waals surface area contributed by atoms with Crippen LogP contribution in [0.3, 0.4) is 0 Å². The molecule has 0 saturated carbocycles. The van der Waals surface area contributed by atoms with Gasteiger partial charge in [-0.2, -0.15) is 5.10 Å². The monoisotopic (exact) mass is 505 g/mol. The molecule has 188 valence electrons. The number of nitrogens with zero attached hydrogens (tertiary/aromatic N) is 5. The number of methoxy groups -OCH3 is 1. The highest BCUT2D eigenvalue weighted by atomic mass is 19.3. The lowest BCUT2D eigenvalue weighted by atomic mass is 10.00. The van der Waals surface area contributed by atoms with E-state index in [2.05, 4.69) is 15.1 Å². The zero-order valence-electron chi connectivity index (χ0n) is 19.7. The second-order valence-electron chi connectivity index (χ2n) is 8.16. The molecule has 0 aliphatic carbocycles. The maximum absolute atomic E-state index is 13.5. The van der Waals surface area contributed by atoms with Gasteiger partial charge in [0.2, 0.25) is 0 Å². The molecule has 0 atom stereocenters. The van der Waals surface area contributed by atoms with Crippen molar-refractivity contribution in [2.45, 2.75) is 19.6 Å². The summed E-state index contributed by atoms with van der Waals surface area (Å²) >= 11 is 0. The first kappa shape index (κ1) is 24.0. The van der Waals surface area contributed by atoms with Gasteiger partial charge in [0, 0.05) is 30.1 Å². The van der Waals surface area contributed by atoms with Crippen LogP contribution in [0, 0.1) is 0 Å². The Balaban J connectivity index is 1.58. The molecule has 0 saturated heterocycles. The second-order valence-corrected chi connectivity index (χ2v) is 8.16. The maximum Gasteiger partial charge on any atom is 0.340 e. The molecule has 5 rings (SSSR count). The fraction of sp³-hybridized carbons (Fsp3) is 0.192. The first-order valence-electron chi connectivity index (χ1n) is 11.3. The largest absolute Gasteiger partial charge is 0.494 e. The third-order valence-corrected chi connectivity index (χ3v) is 5.94. The van der Waals surface area contributed by atoms with E-state index >= 15 is 0 Å². The number of alkyl halides is 2. The van der Waals surface area contributed by atoms with Gasteiger partial charge in [0.05, 0.1) is 25.4 Å². The summed E-state index contributed by atoms with van der Waals surface area (Å²) in [5.41, 5.74) is 1.12. The van der Waals surface area contributed by atoms with Gasteiger partial charge in [-0.3, -0.25) is 19.4 Å². The van der Waals surface area contributed by atoms with E-state index in [0.717, 1.165) is 11.6 Å². The standard InChI is InChI=1S/C26H21F2N5O4/c1-36-22-14-29-20(24(27)28)11-18(22)17-12-23(32-9-10-33-21(25(32)34)7-8-31-33)30-13-19(17)26(35)37-15-16-5-3-2-4-6-16/h2-8,11-14,24H,9-10,15H2,1H3. The van der Waals surface area contributed by atoms with E-state index in [4.69, 9.17) is 9.47 Å². The summed E-state index contributed by atoms with van der Waals surface area (Å²) in [5.74, 6) is -0.624. The fourth-order valence-corrected chi connectivity index (χ4v) is 4.08. The van der Waals surface area contributed by atoms with Crippen LogP contribution in [0.25, 0.3) is 11.1 Å². The molecule has 1 amide bonds. The van der Waals surface area contributed by atoms with Crippen LogP contribution in [0.2, 0.25) is 0 Å². The lowest BCUT2D eigenvalue weighted by molar-refractivity contribution is 0.0473. The highest BCUT2D eigenvalue weighted by molar-refractivity contribution is 6.06. The molecule has 1 aliphatic rings. The molecule has 0 radical (unpaired) electrons. The Morgan fingerprint density at radius 2 is 1.86 bits per heavy atom. The Morgan fingerprint density at radius 3 is 2.62 bits per heavy atom. The highest BCUT2D eigenvalue weighted by Crippen LogP contribution is 2.36. The Labute approximate surface area is 210 Å². The topological polar surface area (TPSA) is 99.4 Å². The number of hydrogen-bond donors (Lipinski definition) is 0. The van der Waals surface area contributed by atoms with Crippen molar-refractivity contribution in [1.82, 2.24) is 19.7 Å². The van der Waals surface area contributed by atoms with E-state index < -0.39 is 18.1 Å². The number of esters is 1. The van der Waals surface area contributed by atoms with Crippen LogP contribution in [-0.4, -0.2) is 45.3 Å². The lowest BCUT2D eigenvalue weighted by Gasteiger charge is -2.27. The number of fused-ring (bicyclic) bond motifs is 1. The number of benzene rings is 1. The van der Waals surface area contributed by atoms with Crippen LogP contribution in [0.5, 0.6) is 5.75 Å². The van der Waals surface area contributed by atoms with Gasteiger partial charge < -0.3 is 9.47 Å². The van der Waals surface area contributed by atoms with Crippen molar-refractivity contribution in [3.63, 3.8) is 0 Å². The maximum atomic E-state index is 13.5. The zero-order chi connectivity index (χ0) is 25.9. The van der Waals surface area contributed by atoms with Crippen molar-refractivity contribution in [3.05, 3.63) is 89.6 Å². The van der Waals surface area contributed by atoms with Crippen molar-refractivity contribution in [2.24, 2.45) is 0 Å². The van der Waals surface area contributed by atoms with Crippen LogP contribution in [-0.2, 0) is 17.9 Å². The van der Waals surface area contributed by atoms with Gasteiger partial charge in [0.15, 0.2) is 0 Å². The van der Waals surface area contributed by atoms with Crippen LogP contribution in [0.1, 0.15) is 38.5 Å². The third-order valence-electron chi connectivity index (χ3n) is 5.94. The normalized spacial score (nSPS) is 13.0. The number of pyridine rings is 2. The Kier molecular flexibility index (Phi) is 6.59.